The maximum atomic E-state index is 5.80. The second-order valence-corrected chi connectivity index (χ2v) is 8.32. The summed E-state index contributed by atoms with van der Waals surface area (Å²) in [6.45, 7) is 6.28. The summed E-state index contributed by atoms with van der Waals surface area (Å²) in [5.74, 6) is 0. The van der Waals surface area contributed by atoms with Gasteiger partial charge in [0.05, 0.1) is 0 Å². The molecule has 0 amide bonds. The predicted molar refractivity (Wildman–Crippen MR) is 133 cm³/mol. The van der Waals surface area contributed by atoms with Crippen molar-refractivity contribution in [3.63, 3.8) is 0 Å². The van der Waals surface area contributed by atoms with Crippen LogP contribution in [0.5, 0.6) is 0 Å². The first-order valence-corrected chi connectivity index (χ1v) is 11.2. The van der Waals surface area contributed by atoms with Crippen LogP contribution in [0.15, 0.2) is 89.9 Å². The summed E-state index contributed by atoms with van der Waals surface area (Å²) < 4.78 is 9.75. The molecule has 0 aliphatic carbocycles. The van der Waals surface area contributed by atoms with Crippen LogP contribution in [0.2, 0.25) is 0 Å². The Labute approximate surface area is 218 Å². The second-order valence-electron chi connectivity index (χ2n) is 8.32. The van der Waals surface area contributed by atoms with Gasteiger partial charge >= 0.3 is 6.01 Å². The predicted octanol–water partition coefficient (Wildman–Crippen LogP) is 6.36. The van der Waals surface area contributed by atoms with Crippen LogP contribution in [0.1, 0.15) is 19.4 Å². The van der Waals surface area contributed by atoms with Crippen molar-refractivity contribution in [1.29, 1.82) is 0 Å². The maximum Gasteiger partial charge on any atom is 0.493 e. The first-order chi connectivity index (χ1) is 16.6. The third-order valence-electron chi connectivity index (χ3n) is 5.48. The summed E-state index contributed by atoms with van der Waals surface area (Å²) in [6.07, 6.45) is 7.58. The van der Waals surface area contributed by atoms with Gasteiger partial charge in [-0.15, -0.1) is 42.0 Å². The van der Waals surface area contributed by atoms with Crippen LogP contribution in [0.4, 0.5) is 5.69 Å². The summed E-state index contributed by atoms with van der Waals surface area (Å²) in [6, 6.07) is 29.9. The van der Waals surface area contributed by atoms with Gasteiger partial charge in [0.2, 0.25) is 11.9 Å². The van der Waals surface area contributed by atoms with Gasteiger partial charge < -0.3 is 9.40 Å². The van der Waals surface area contributed by atoms with Crippen molar-refractivity contribution in [2.24, 2.45) is 0 Å². The molecular formula is C29H24IrN4O. The molecule has 5 aromatic rings. The van der Waals surface area contributed by atoms with Crippen molar-refractivity contribution >= 4 is 33.8 Å². The van der Waals surface area contributed by atoms with E-state index in [2.05, 4.69) is 48.0 Å². The number of pyridine rings is 2. The van der Waals surface area contributed by atoms with E-state index in [1.165, 1.54) is 5.56 Å². The molecule has 0 saturated heterocycles. The normalized spacial score (nSPS) is 12.2. The molecule has 0 spiro atoms. The molecule has 6 heteroatoms. The Morgan fingerprint density at radius 3 is 2.57 bits per heavy atom. The van der Waals surface area contributed by atoms with Crippen LogP contribution in [0.3, 0.4) is 0 Å². The van der Waals surface area contributed by atoms with Crippen LogP contribution in [-0.4, -0.2) is 31.2 Å². The Hall–Kier alpha value is -3.69. The Kier molecular flexibility index (Phi) is 7.48. The van der Waals surface area contributed by atoms with Crippen molar-refractivity contribution < 1.29 is 33.7 Å². The van der Waals surface area contributed by atoms with Gasteiger partial charge in [0.15, 0.2) is 6.04 Å². The smallest absolute Gasteiger partial charge is 0.465 e. The van der Waals surface area contributed by atoms with Crippen LogP contribution in [-0.2, 0) is 20.1 Å². The molecule has 6 rings (SSSR count). The number of benzene rings is 2. The van der Waals surface area contributed by atoms with Gasteiger partial charge in [-0.3, -0.25) is 0 Å². The molecule has 4 heterocycles. The monoisotopic (exact) mass is 637 g/mol. The number of furan rings is 1. The average Bonchev–Trinajstić information content (AvgIpc) is 3.50. The zero-order chi connectivity index (χ0) is 23.5. The zero-order valence-corrected chi connectivity index (χ0v) is 22.1. The van der Waals surface area contributed by atoms with Gasteiger partial charge in [0.1, 0.15) is 5.69 Å². The fraction of sp³-hybridized carbons (Fsp3) is 0.138. The van der Waals surface area contributed by atoms with Gasteiger partial charge in [0, 0.05) is 38.1 Å². The van der Waals surface area contributed by atoms with Crippen LogP contribution >= 0.6 is 0 Å². The summed E-state index contributed by atoms with van der Waals surface area (Å²) in [7, 11) is 0. The minimum Gasteiger partial charge on any atom is -0.465 e. The van der Waals surface area contributed by atoms with Crippen LogP contribution in [0, 0.1) is 19.1 Å². The van der Waals surface area contributed by atoms with Crippen molar-refractivity contribution in [3.8, 4) is 11.3 Å². The van der Waals surface area contributed by atoms with Crippen LogP contribution < -0.4 is 0 Å². The van der Waals surface area contributed by atoms with E-state index >= 15 is 0 Å². The van der Waals surface area contributed by atoms with Gasteiger partial charge in [-0.25, -0.2) is 4.98 Å². The second kappa shape index (κ2) is 10.7. The molecule has 1 radical (unpaired) electrons. The van der Waals surface area contributed by atoms with E-state index in [0.717, 1.165) is 33.3 Å². The number of aryl methyl sites for hydroxylation is 1. The van der Waals surface area contributed by atoms with Crippen molar-refractivity contribution in [2.45, 2.75) is 26.8 Å². The molecule has 0 fully saturated rings. The third-order valence-corrected chi connectivity index (χ3v) is 5.48. The number of rotatable bonds is 3. The van der Waals surface area contributed by atoms with E-state index in [-0.39, 0.29) is 20.1 Å². The molecular weight excluding hydrogens is 613 g/mol. The number of hydrogen-bond donors (Lipinski definition) is 0. The molecule has 1 aliphatic rings. The first kappa shape index (κ1) is 24.4. The van der Waals surface area contributed by atoms with Gasteiger partial charge in [-0.1, -0.05) is 38.8 Å². The van der Waals surface area contributed by atoms with E-state index in [0.29, 0.717) is 11.8 Å². The summed E-state index contributed by atoms with van der Waals surface area (Å²) >= 11 is 0. The quantitative estimate of drug-likeness (QED) is 0.171. The standard InChI is InChI=1S/C17H14N3O.C12H10N.Ir/c1-12(2)19-8-9-20(11-19)13-5-6-14-15-4-3-7-18-17(15)21-16(14)10-13;1-10-7-8-12(13-9-10)11-5-3-2-4-6-11;/h3-4,6-10,12H,1-2H3;2-5,7-9H,1H3;/q+1;-1;. The fourth-order valence-electron chi connectivity index (χ4n) is 3.61. The molecule has 0 atom stereocenters. The Morgan fingerprint density at radius 2 is 1.86 bits per heavy atom. The Morgan fingerprint density at radius 1 is 0.971 bits per heavy atom. The molecule has 175 valence electrons. The third kappa shape index (κ3) is 5.36. The summed E-state index contributed by atoms with van der Waals surface area (Å²) in [5.41, 5.74) is 5.58. The largest absolute Gasteiger partial charge is 0.493 e. The molecule has 2 aromatic carbocycles. The molecule has 1 aliphatic heterocycles. The topological polar surface area (TPSA) is 44.9 Å². The van der Waals surface area contributed by atoms with Gasteiger partial charge in [0.25, 0.3) is 6.20 Å². The van der Waals surface area contributed by atoms with E-state index in [4.69, 9.17) is 4.42 Å². The van der Waals surface area contributed by atoms with Gasteiger partial charge in [-0.2, -0.15) is 6.07 Å². The minimum atomic E-state index is 0. The Balaban J connectivity index is 0.000000179. The number of nitrogens with zero attached hydrogens (tertiary/aromatic N) is 4. The maximum absolute atomic E-state index is 5.80. The summed E-state index contributed by atoms with van der Waals surface area (Å²) in [5, 5.41) is 2.05. The van der Waals surface area contributed by atoms with E-state index < -0.39 is 0 Å². The molecule has 0 N–H and O–H groups in total. The molecule has 0 unspecified atom stereocenters. The van der Waals surface area contributed by atoms with E-state index in [1.54, 1.807) is 6.20 Å². The number of aromatic nitrogens is 2. The van der Waals surface area contributed by atoms with Crippen LogP contribution in [0.25, 0.3) is 33.3 Å². The fourth-order valence-corrected chi connectivity index (χ4v) is 3.61. The summed E-state index contributed by atoms with van der Waals surface area (Å²) in [4.78, 5) is 8.57. The van der Waals surface area contributed by atoms with E-state index in [9.17, 15) is 0 Å². The number of hydrogen-bond acceptors (Lipinski definition) is 3. The van der Waals surface area contributed by atoms with Crippen molar-refractivity contribution in [2.75, 3.05) is 0 Å². The number of fused-ring (bicyclic) bond motifs is 3. The molecule has 35 heavy (non-hydrogen) atoms. The van der Waals surface area contributed by atoms with E-state index in [1.807, 2.05) is 89.3 Å². The SMILES string of the molecule is CC(C)[N+]1=C=[N+](c2[c-]cc3c(c2)oc2ncccc23)C=C1.Cc1ccc(-c2[c-]cccc2)nc1.[Ir]. The van der Waals surface area contributed by atoms with Crippen molar-refractivity contribution in [3.05, 3.63) is 103 Å². The molecule has 0 saturated carbocycles. The average molecular weight is 637 g/mol. The zero-order valence-electron chi connectivity index (χ0n) is 19.7. The van der Waals surface area contributed by atoms with Crippen molar-refractivity contribution in [1.82, 2.24) is 9.97 Å². The molecule has 3 aromatic heterocycles. The van der Waals surface area contributed by atoms with Gasteiger partial charge in [-0.05, 0) is 43.5 Å². The molecule has 5 nitrogen and oxygen atoms in total. The Bertz CT molecular complexity index is 1560. The molecule has 0 bridgehead atoms. The minimum absolute atomic E-state index is 0. The first-order valence-electron chi connectivity index (χ1n) is 11.2.